The molecule has 3 nitrogen and oxygen atoms in total. The topological polar surface area (TPSA) is 41.5 Å². The molecule has 94 valence electrons. The van der Waals surface area contributed by atoms with E-state index in [1.165, 1.54) is 23.5 Å². The van der Waals surface area contributed by atoms with Gasteiger partial charge in [-0.05, 0) is 41.8 Å². The van der Waals surface area contributed by atoms with Crippen molar-refractivity contribution in [3.8, 4) is 0 Å². The smallest absolute Gasteiger partial charge is 0.275 e. The van der Waals surface area contributed by atoms with Gasteiger partial charge in [0.2, 0.25) is 0 Å². The summed E-state index contributed by atoms with van der Waals surface area (Å²) in [7, 11) is 0. The zero-order chi connectivity index (χ0) is 13.2. The van der Waals surface area contributed by atoms with Crippen molar-refractivity contribution in [2.24, 2.45) is 4.99 Å². The highest BCUT2D eigenvalue weighted by Crippen LogP contribution is 2.18. The summed E-state index contributed by atoms with van der Waals surface area (Å²) in [6.45, 7) is 0. The van der Waals surface area contributed by atoms with Gasteiger partial charge in [-0.3, -0.25) is 4.79 Å². The van der Waals surface area contributed by atoms with Crippen molar-refractivity contribution in [3.05, 3.63) is 63.7 Å². The third-order valence-corrected chi connectivity index (χ3v) is 3.46. The van der Waals surface area contributed by atoms with Crippen LogP contribution in [0.4, 0.5) is 4.39 Å². The Labute approximate surface area is 113 Å². The first-order valence-corrected chi connectivity index (χ1v) is 6.51. The van der Waals surface area contributed by atoms with Crippen LogP contribution in [0.3, 0.4) is 0 Å². The molecule has 0 atom stereocenters. The number of halogens is 1. The van der Waals surface area contributed by atoms with Crippen LogP contribution in [-0.2, 0) is 4.79 Å². The summed E-state index contributed by atoms with van der Waals surface area (Å²) >= 11 is 1.54. The van der Waals surface area contributed by atoms with Gasteiger partial charge in [-0.1, -0.05) is 6.07 Å². The third kappa shape index (κ3) is 2.46. The molecule has 0 saturated carbocycles. The first-order chi connectivity index (χ1) is 9.22. The Bertz CT molecular complexity index is 672. The second-order valence-corrected chi connectivity index (χ2v) is 4.95. The quantitative estimate of drug-likeness (QED) is 0.839. The SMILES string of the molecule is O=C1NC(c2ccc(F)cc2)=N/C1=C/c1cccs1. The minimum absolute atomic E-state index is 0.243. The maximum atomic E-state index is 12.8. The van der Waals surface area contributed by atoms with E-state index in [1.54, 1.807) is 18.2 Å². The molecule has 2 aromatic rings. The third-order valence-electron chi connectivity index (χ3n) is 2.64. The number of rotatable bonds is 2. The molecule has 0 unspecified atom stereocenters. The molecule has 1 aromatic heterocycles. The van der Waals surface area contributed by atoms with Gasteiger partial charge < -0.3 is 5.32 Å². The predicted octanol–water partition coefficient (Wildman–Crippen LogP) is 2.80. The number of nitrogens with one attached hydrogen (secondary N) is 1. The van der Waals surface area contributed by atoms with Crippen LogP contribution in [0.5, 0.6) is 0 Å². The van der Waals surface area contributed by atoms with Gasteiger partial charge in [-0.2, -0.15) is 0 Å². The Hall–Kier alpha value is -2.27. The second kappa shape index (κ2) is 4.78. The largest absolute Gasteiger partial charge is 0.305 e. The highest BCUT2D eigenvalue weighted by molar-refractivity contribution is 7.10. The number of carbonyl (C=O) groups excluding carboxylic acids is 1. The van der Waals surface area contributed by atoms with E-state index in [-0.39, 0.29) is 11.7 Å². The van der Waals surface area contributed by atoms with E-state index >= 15 is 0 Å². The van der Waals surface area contributed by atoms with E-state index in [4.69, 9.17) is 0 Å². The van der Waals surface area contributed by atoms with Crippen LogP contribution in [0.25, 0.3) is 6.08 Å². The van der Waals surface area contributed by atoms with Crippen LogP contribution in [-0.4, -0.2) is 11.7 Å². The fourth-order valence-corrected chi connectivity index (χ4v) is 2.37. The van der Waals surface area contributed by atoms with Gasteiger partial charge in [-0.25, -0.2) is 9.38 Å². The number of nitrogens with zero attached hydrogens (tertiary/aromatic N) is 1. The summed E-state index contributed by atoms with van der Waals surface area (Å²) in [5, 5.41) is 4.61. The molecule has 3 rings (SSSR count). The van der Waals surface area contributed by atoms with Crippen molar-refractivity contribution in [3.63, 3.8) is 0 Å². The molecule has 0 aliphatic carbocycles. The van der Waals surface area contributed by atoms with Gasteiger partial charge >= 0.3 is 0 Å². The summed E-state index contributed by atoms with van der Waals surface area (Å²) < 4.78 is 12.8. The fourth-order valence-electron chi connectivity index (χ4n) is 1.72. The maximum Gasteiger partial charge on any atom is 0.275 e. The molecular formula is C14H9FN2OS. The molecule has 1 amide bonds. The number of amides is 1. The van der Waals surface area contributed by atoms with E-state index in [0.29, 0.717) is 17.1 Å². The van der Waals surface area contributed by atoms with Gasteiger partial charge in [0, 0.05) is 10.4 Å². The summed E-state index contributed by atoms with van der Waals surface area (Å²) in [4.78, 5) is 17.0. The number of hydrogen-bond donors (Lipinski definition) is 1. The summed E-state index contributed by atoms with van der Waals surface area (Å²) in [6.07, 6.45) is 1.73. The summed E-state index contributed by atoms with van der Waals surface area (Å²) in [5.74, 6) is -0.108. The monoisotopic (exact) mass is 272 g/mol. The van der Waals surface area contributed by atoms with Crippen molar-refractivity contribution < 1.29 is 9.18 Å². The Kier molecular flexibility index (Phi) is 2.97. The first kappa shape index (κ1) is 11.8. The summed E-state index contributed by atoms with van der Waals surface area (Å²) in [6, 6.07) is 9.67. The van der Waals surface area contributed by atoms with Gasteiger partial charge in [-0.15, -0.1) is 11.3 Å². The van der Waals surface area contributed by atoms with Crippen molar-refractivity contribution in [1.82, 2.24) is 5.32 Å². The molecular weight excluding hydrogens is 263 g/mol. The number of carbonyl (C=O) groups is 1. The molecule has 1 aliphatic heterocycles. The number of benzene rings is 1. The van der Waals surface area contributed by atoms with Crippen molar-refractivity contribution in [2.45, 2.75) is 0 Å². The normalized spacial score (nSPS) is 16.6. The Morgan fingerprint density at radius 2 is 2.00 bits per heavy atom. The van der Waals surface area contributed by atoms with Crippen molar-refractivity contribution in [2.75, 3.05) is 0 Å². The van der Waals surface area contributed by atoms with Crippen LogP contribution in [0, 0.1) is 5.82 Å². The zero-order valence-electron chi connectivity index (χ0n) is 9.76. The average molecular weight is 272 g/mol. The lowest BCUT2D eigenvalue weighted by Crippen LogP contribution is -2.24. The molecule has 2 heterocycles. The molecule has 5 heteroatoms. The van der Waals surface area contributed by atoms with Gasteiger partial charge in [0.15, 0.2) is 0 Å². The molecule has 1 N–H and O–H groups in total. The average Bonchev–Trinajstić information content (AvgIpc) is 3.02. The number of hydrogen-bond acceptors (Lipinski definition) is 3. The summed E-state index contributed by atoms with van der Waals surface area (Å²) in [5.41, 5.74) is 1.05. The lowest BCUT2D eigenvalue weighted by atomic mass is 10.2. The molecule has 0 bridgehead atoms. The van der Waals surface area contributed by atoms with Crippen molar-refractivity contribution in [1.29, 1.82) is 0 Å². The molecule has 0 radical (unpaired) electrons. The van der Waals surface area contributed by atoms with E-state index in [1.807, 2.05) is 17.5 Å². The minimum Gasteiger partial charge on any atom is -0.305 e. The number of aliphatic imine (C=N–C) groups is 1. The van der Waals surface area contributed by atoms with Gasteiger partial charge in [0.05, 0.1) is 0 Å². The van der Waals surface area contributed by atoms with E-state index in [9.17, 15) is 9.18 Å². The molecule has 0 saturated heterocycles. The Morgan fingerprint density at radius 3 is 2.68 bits per heavy atom. The number of amidine groups is 1. The minimum atomic E-state index is -0.317. The van der Waals surface area contributed by atoms with Gasteiger partial charge in [0.1, 0.15) is 17.3 Å². The van der Waals surface area contributed by atoms with Crippen LogP contribution >= 0.6 is 11.3 Å². The first-order valence-electron chi connectivity index (χ1n) is 5.63. The highest BCUT2D eigenvalue weighted by atomic mass is 32.1. The lowest BCUT2D eigenvalue weighted by molar-refractivity contribution is -0.115. The van der Waals surface area contributed by atoms with Crippen LogP contribution in [0.2, 0.25) is 0 Å². The lowest BCUT2D eigenvalue weighted by Gasteiger charge is -1.99. The number of thiophene rings is 1. The predicted molar refractivity (Wildman–Crippen MR) is 73.4 cm³/mol. The highest BCUT2D eigenvalue weighted by Gasteiger charge is 2.21. The zero-order valence-corrected chi connectivity index (χ0v) is 10.6. The van der Waals surface area contributed by atoms with Crippen molar-refractivity contribution >= 4 is 29.2 Å². The Balaban J connectivity index is 1.93. The molecule has 19 heavy (non-hydrogen) atoms. The second-order valence-electron chi connectivity index (χ2n) is 3.97. The molecule has 1 aliphatic rings. The van der Waals surface area contributed by atoms with Crippen LogP contribution < -0.4 is 5.32 Å². The van der Waals surface area contributed by atoms with Gasteiger partial charge in [0.25, 0.3) is 5.91 Å². The van der Waals surface area contributed by atoms with E-state index < -0.39 is 0 Å². The fraction of sp³-hybridized carbons (Fsp3) is 0. The van der Waals surface area contributed by atoms with E-state index in [2.05, 4.69) is 10.3 Å². The molecule has 0 spiro atoms. The standard InChI is InChI=1S/C14H9FN2OS/c15-10-5-3-9(4-6-10)13-16-12(14(18)17-13)8-11-2-1-7-19-11/h1-8H,(H,16,17,18)/b12-8+. The Morgan fingerprint density at radius 1 is 1.21 bits per heavy atom. The van der Waals surface area contributed by atoms with Crippen LogP contribution in [0.15, 0.2) is 52.5 Å². The maximum absolute atomic E-state index is 12.8. The van der Waals surface area contributed by atoms with E-state index in [0.717, 1.165) is 4.88 Å². The molecule has 0 fully saturated rings. The molecule has 1 aromatic carbocycles. The van der Waals surface area contributed by atoms with Crippen LogP contribution in [0.1, 0.15) is 10.4 Å².